The molecule has 0 radical (unpaired) electrons. The highest BCUT2D eigenvalue weighted by Crippen LogP contribution is 2.15. The SMILES string of the molecule is Cc1nc2ccccc2n1CCCNC(=O)CCc1ccccc1N. The molecular formula is C20H24N4O. The number of anilines is 1. The minimum atomic E-state index is 0.0652. The number of nitrogen functional groups attached to an aromatic ring is 1. The summed E-state index contributed by atoms with van der Waals surface area (Å²) < 4.78 is 2.20. The van der Waals surface area contributed by atoms with Crippen molar-refractivity contribution in [2.24, 2.45) is 0 Å². The van der Waals surface area contributed by atoms with Crippen LogP contribution < -0.4 is 11.1 Å². The Kier molecular flexibility index (Phi) is 5.33. The highest BCUT2D eigenvalue weighted by molar-refractivity contribution is 5.76. The van der Waals surface area contributed by atoms with Gasteiger partial charge in [-0.05, 0) is 43.5 Å². The van der Waals surface area contributed by atoms with E-state index in [0.29, 0.717) is 19.4 Å². The number of nitrogens with zero attached hydrogens (tertiary/aromatic N) is 2. The molecule has 0 aliphatic rings. The van der Waals surface area contributed by atoms with Crippen LogP contribution in [-0.2, 0) is 17.8 Å². The molecule has 5 nitrogen and oxygen atoms in total. The number of amides is 1. The number of fused-ring (bicyclic) bond motifs is 1. The van der Waals surface area contributed by atoms with E-state index < -0.39 is 0 Å². The van der Waals surface area contributed by atoms with Crippen LogP contribution >= 0.6 is 0 Å². The Morgan fingerprint density at radius 2 is 1.92 bits per heavy atom. The summed E-state index contributed by atoms with van der Waals surface area (Å²) in [6, 6.07) is 15.8. The summed E-state index contributed by atoms with van der Waals surface area (Å²) in [6.45, 7) is 3.52. The summed E-state index contributed by atoms with van der Waals surface area (Å²) in [7, 11) is 0. The number of nitrogens with one attached hydrogen (secondary N) is 1. The van der Waals surface area contributed by atoms with Gasteiger partial charge in [-0.15, -0.1) is 0 Å². The van der Waals surface area contributed by atoms with Crippen molar-refractivity contribution in [1.29, 1.82) is 0 Å². The Morgan fingerprint density at radius 1 is 1.16 bits per heavy atom. The second-order valence-electron chi connectivity index (χ2n) is 6.20. The zero-order valence-corrected chi connectivity index (χ0v) is 14.5. The Hall–Kier alpha value is -2.82. The minimum absolute atomic E-state index is 0.0652. The lowest BCUT2D eigenvalue weighted by atomic mass is 10.1. The molecule has 0 fully saturated rings. The van der Waals surface area contributed by atoms with E-state index in [1.54, 1.807) is 0 Å². The maximum absolute atomic E-state index is 12.0. The van der Waals surface area contributed by atoms with E-state index in [1.807, 2.05) is 49.4 Å². The Bertz CT molecular complexity index is 869. The molecule has 0 saturated carbocycles. The van der Waals surface area contributed by atoms with E-state index in [0.717, 1.165) is 41.1 Å². The van der Waals surface area contributed by atoms with Gasteiger partial charge in [0.05, 0.1) is 11.0 Å². The first-order chi connectivity index (χ1) is 12.1. The average Bonchev–Trinajstić information content (AvgIpc) is 2.93. The van der Waals surface area contributed by atoms with Crippen LogP contribution in [0.4, 0.5) is 5.69 Å². The van der Waals surface area contributed by atoms with E-state index in [2.05, 4.69) is 20.9 Å². The maximum Gasteiger partial charge on any atom is 0.220 e. The third kappa shape index (κ3) is 4.18. The van der Waals surface area contributed by atoms with Crippen LogP contribution in [0.1, 0.15) is 24.2 Å². The lowest BCUT2D eigenvalue weighted by molar-refractivity contribution is -0.121. The third-order valence-electron chi connectivity index (χ3n) is 4.40. The highest BCUT2D eigenvalue weighted by Gasteiger charge is 2.07. The minimum Gasteiger partial charge on any atom is -0.399 e. The summed E-state index contributed by atoms with van der Waals surface area (Å²) in [4.78, 5) is 16.6. The number of rotatable bonds is 7. The summed E-state index contributed by atoms with van der Waals surface area (Å²) in [5.74, 6) is 1.07. The quantitative estimate of drug-likeness (QED) is 0.514. The molecule has 3 aromatic rings. The zero-order valence-electron chi connectivity index (χ0n) is 14.5. The lowest BCUT2D eigenvalue weighted by Gasteiger charge is -2.09. The predicted molar refractivity (Wildman–Crippen MR) is 101 cm³/mol. The van der Waals surface area contributed by atoms with Crippen LogP contribution in [0.5, 0.6) is 0 Å². The standard InChI is InChI=1S/C20H24N4O/c1-15-23-18-9-4-5-10-19(18)24(15)14-6-13-22-20(25)12-11-16-7-2-3-8-17(16)21/h2-5,7-10H,6,11-14,21H2,1H3,(H,22,25). The molecule has 0 atom stereocenters. The number of imidazole rings is 1. The van der Waals surface area contributed by atoms with E-state index in [-0.39, 0.29) is 5.91 Å². The Morgan fingerprint density at radius 3 is 2.76 bits per heavy atom. The number of aryl methyl sites for hydroxylation is 3. The molecule has 130 valence electrons. The summed E-state index contributed by atoms with van der Waals surface area (Å²) in [5.41, 5.74) is 9.84. The smallest absolute Gasteiger partial charge is 0.220 e. The van der Waals surface area contributed by atoms with E-state index >= 15 is 0 Å². The first-order valence-corrected chi connectivity index (χ1v) is 8.67. The van der Waals surface area contributed by atoms with E-state index in [1.165, 1.54) is 0 Å². The fourth-order valence-electron chi connectivity index (χ4n) is 3.04. The van der Waals surface area contributed by atoms with Gasteiger partial charge in [-0.25, -0.2) is 4.98 Å². The molecule has 1 heterocycles. The third-order valence-corrected chi connectivity index (χ3v) is 4.40. The van der Waals surface area contributed by atoms with Crippen molar-refractivity contribution in [3.8, 4) is 0 Å². The summed E-state index contributed by atoms with van der Waals surface area (Å²) in [6.07, 6.45) is 2.01. The second-order valence-corrected chi connectivity index (χ2v) is 6.20. The molecule has 0 unspecified atom stereocenters. The van der Waals surface area contributed by atoms with Crippen molar-refractivity contribution in [2.75, 3.05) is 12.3 Å². The van der Waals surface area contributed by atoms with Crippen molar-refractivity contribution < 1.29 is 4.79 Å². The van der Waals surface area contributed by atoms with Gasteiger partial charge in [0.15, 0.2) is 0 Å². The number of aromatic nitrogens is 2. The number of carbonyl (C=O) groups excluding carboxylic acids is 1. The van der Waals surface area contributed by atoms with Gasteiger partial charge in [0.2, 0.25) is 5.91 Å². The molecule has 3 N–H and O–H groups in total. The molecule has 1 amide bonds. The first-order valence-electron chi connectivity index (χ1n) is 8.67. The molecule has 0 bridgehead atoms. The van der Waals surface area contributed by atoms with Crippen molar-refractivity contribution in [3.63, 3.8) is 0 Å². The van der Waals surface area contributed by atoms with Crippen LogP contribution in [0.3, 0.4) is 0 Å². The molecule has 25 heavy (non-hydrogen) atoms. The van der Waals surface area contributed by atoms with Gasteiger partial charge in [0, 0.05) is 25.2 Å². The number of hydrogen-bond acceptors (Lipinski definition) is 3. The van der Waals surface area contributed by atoms with Gasteiger partial charge in [-0.2, -0.15) is 0 Å². The monoisotopic (exact) mass is 336 g/mol. The van der Waals surface area contributed by atoms with Gasteiger partial charge in [0.1, 0.15) is 5.82 Å². The van der Waals surface area contributed by atoms with Crippen LogP contribution in [0.2, 0.25) is 0 Å². The van der Waals surface area contributed by atoms with Gasteiger partial charge < -0.3 is 15.6 Å². The van der Waals surface area contributed by atoms with Crippen LogP contribution in [0.15, 0.2) is 48.5 Å². The molecule has 0 spiro atoms. The van der Waals surface area contributed by atoms with Crippen molar-refractivity contribution in [3.05, 3.63) is 59.9 Å². The number of nitrogens with two attached hydrogens (primary N) is 1. The van der Waals surface area contributed by atoms with Gasteiger partial charge >= 0.3 is 0 Å². The lowest BCUT2D eigenvalue weighted by Crippen LogP contribution is -2.25. The van der Waals surface area contributed by atoms with Gasteiger partial charge in [-0.1, -0.05) is 30.3 Å². The molecule has 2 aromatic carbocycles. The maximum atomic E-state index is 12.0. The molecule has 0 aliphatic heterocycles. The predicted octanol–water partition coefficient (Wildman–Crippen LogP) is 3.07. The number of carbonyl (C=O) groups is 1. The number of hydrogen-bond donors (Lipinski definition) is 2. The van der Waals surface area contributed by atoms with Crippen molar-refractivity contribution >= 4 is 22.6 Å². The molecular weight excluding hydrogens is 312 g/mol. The summed E-state index contributed by atoms with van der Waals surface area (Å²) >= 11 is 0. The van der Waals surface area contributed by atoms with E-state index in [9.17, 15) is 4.79 Å². The van der Waals surface area contributed by atoms with Crippen molar-refractivity contribution in [1.82, 2.24) is 14.9 Å². The summed E-state index contributed by atoms with van der Waals surface area (Å²) in [5, 5.41) is 2.99. The molecule has 1 aromatic heterocycles. The number of para-hydroxylation sites is 3. The largest absolute Gasteiger partial charge is 0.399 e. The molecule has 0 aliphatic carbocycles. The van der Waals surface area contributed by atoms with Crippen LogP contribution in [0, 0.1) is 6.92 Å². The average molecular weight is 336 g/mol. The normalized spacial score (nSPS) is 10.9. The molecule has 3 rings (SSSR count). The zero-order chi connectivity index (χ0) is 17.6. The van der Waals surface area contributed by atoms with Gasteiger partial charge in [0.25, 0.3) is 0 Å². The fourth-order valence-corrected chi connectivity index (χ4v) is 3.04. The fraction of sp³-hybridized carbons (Fsp3) is 0.300. The second kappa shape index (κ2) is 7.83. The van der Waals surface area contributed by atoms with Crippen LogP contribution in [-0.4, -0.2) is 22.0 Å². The molecule has 0 saturated heterocycles. The Balaban J connectivity index is 1.44. The van der Waals surface area contributed by atoms with Gasteiger partial charge in [-0.3, -0.25) is 4.79 Å². The van der Waals surface area contributed by atoms with Crippen molar-refractivity contribution in [2.45, 2.75) is 32.7 Å². The highest BCUT2D eigenvalue weighted by atomic mass is 16.1. The number of benzene rings is 2. The first kappa shape index (κ1) is 17.0. The Labute approximate surface area is 147 Å². The van der Waals surface area contributed by atoms with E-state index in [4.69, 9.17) is 5.73 Å². The molecule has 5 heteroatoms. The van der Waals surface area contributed by atoms with Crippen LogP contribution in [0.25, 0.3) is 11.0 Å². The topological polar surface area (TPSA) is 72.9 Å².